The van der Waals surface area contributed by atoms with Gasteiger partial charge in [0.25, 0.3) is 0 Å². The first-order valence-electron chi connectivity index (χ1n) is 9.12. The van der Waals surface area contributed by atoms with Gasteiger partial charge in [0, 0.05) is 54.4 Å². The van der Waals surface area contributed by atoms with Gasteiger partial charge in [0.2, 0.25) is 0 Å². The van der Waals surface area contributed by atoms with E-state index in [4.69, 9.17) is 5.41 Å². The summed E-state index contributed by atoms with van der Waals surface area (Å²) in [5, 5.41) is 15.2. The van der Waals surface area contributed by atoms with Gasteiger partial charge in [-0.2, -0.15) is 0 Å². The van der Waals surface area contributed by atoms with E-state index in [1.807, 2.05) is 18.3 Å². The van der Waals surface area contributed by atoms with Gasteiger partial charge in [-0.15, -0.1) is 0 Å². The van der Waals surface area contributed by atoms with Crippen molar-refractivity contribution in [3.8, 4) is 11.4 Å². The molecule has 0 unspecified atom stereocenters. The van der Waals surface area contributed by atoms with Crippen LogP contribution in [0.2, 0.25) is 0 Å². The Morgan fingerprint density at radius 3 is 2.78 bits per heavy atom. The molecule has 0 bridgehead atoms. The zero-order valence-electron chi connectivity index (χ0n) is 15.3. The minimum Gasteiger partial charge on any atom is -0.380 e. The second kappa shape index (κ2) is 7.60. The first-order chi connectivity index (χ1) is 13.2. The van der Waals surface area contributed by atoms with E-state index in [0.717, 1.165) is 34.8 Å². The summed E-state index contributed by atoms with van der Waals surface area (Å²) in [6.07, 6.45) is 3.60. The Balaban J connectivity index is 1.63. The highest BCUT2D eigenvalue weighted by Gasteiger charge is 2.19. The predicted molar refractivity (Wildman–Crippen MR) is 110 cm³/mol. The molecule has 0 atom stereocenters. The minimum atomic E-state index is 0.625. The van der Waals surface area contributed by atoms with E-state index in [1.165, 1.54) is 11.1 Å². The largest absolute Gasteiger partial charge is 0.380 e. The van der Waals surface area contributed by atoms with Gasteiger partial charge < -0.3 is 21.0 Å². The Hall–Kier alpha value is -3.18. The average molecular weight is 357 g/mol. The zero-order chi connectivity index (χ0) is 18.6. The number of hydrogen-bond acceptors (Lipinski definition) is 4. The molecule has 4 rings (SSSR count). The molecule has 0 spiro atoms. The quantitative estimate of drug-likeness (QED) is 0.564. The van der Waals surface area contributed by atoms with Crippen LogP contribution in [0.4, 0.5) is 0 Å². The number of nitrogens with zero attached hydrogens (tertiary/aromatic N) is 1. The van der Waals surface area contributed by atoms with Crippen molar-refractivity contribution in [2.75, 3.05) is 13.1 Å². The van der Waals surface area contributed by atoms with Crippen LogP contribution < -0.4 is 10.6 Å². The van der Waals surface area contributed by atoms with Gasteiger partial charge in [0.1, 0.15) is 5.82 Å². The Morgan fingerprint density at radius 1 is 1.15 bits per heavy atom. The summed E-state index contributed by atoms with van der Waals surface area (Å²) in [4.78, 5) is 7.49. The molecule has 136 valence electrons. The topological polar surface area (TPSA) is 76.6 Å². The number of imidazole rings is 1. The van der Waals surface area contributed by atoms with Crippen molar-refractivity contribution in [2.24, 2.45) is 0 Å². The highest BCUT2D eigenvalue weighted by molar-refractivity contribution is 6.07. The first-order valence-corrected chi connectivity index (χ1v) is 9.12. The number of aryl methyl sites for hydroxylation is 1. The van der Waals surface area contributed by atoms with E-state index in [2.05, 4.69) is 63.9 Å². The molecule has 4 N–H and O–H groups in total. The molecule has 0 radical (unpaired) electrons. The summed E-state index contributed by atoms with van der Waals surface area (Å²) in [6.45, 7) is 4.15. The molecule has 1 fully saturated rings. The lowest BCUT2D eigenvalue weighted by Crippen LogP contribution is -2.17. The molecule has 5 nitrogen and oxygen atoms in total. The number of aromatic nitrogens is 2. The van der Waals surface area contributed by atoms with Crippen molar-refractivity contribution in [1.29, 1.82) is 5.41 Å². The van der Waals surface area contributed by atoms with Crippen molar-refractivity contribution in [3.05, 3.63) is 83.2 Å². The molecular weight excluding hydrogens is 334 g/mol. The number of aromatic amines is 1. The van der Waals surface area contributed by atoms with Crippen molar-refractivity contribution in [3.63, 3.8) is 0 Å². The maximum Gasteiger partial charge on any atom is 0.137 e. The second-order valence-corrected chi connectivity index (χ2v) is 6.74. The smallest absolute Gasteiger partial charge is 0.137 e. The van der Waals surface area contributed by atoms with Crippen LogP contribution in [0.3, 0.4) is 0 Å². The van der Waals surface area contributed by atoms with Crippen molar-refractivity contribution in [2.45, 2.75) is 13.5 Å². The summed E-state index contributed by atoms with van der Waals surface area (Å²) < 4.78 is 0. The van der Waals surface area contributed by atoms with Crippen molar-refractivity contribution < 1.29 is 0 Å². The molecular formula is C22H23N5. The molecule has 1 aliphatic heterocycles. The fourth-order valence-electron chi connectivity index (χ4n) is 3.43. The van der Waals surface area contributed by atoms with Crippen LogP contribution in [0.25, 0.3) is 17.1 Å². The third-order valence-electron chi connectivity index (χ3n) is 4.85. The van der Waals surface area contributed by atoms with E-state index in [0.29, 0.717) is 18.8 Å². The molecule has 27 heavy (non-hydrogen) atoms. The van der Waals surface area contributed by atoms with E-state index in [1.54, 1.807) is 6.20 Å². The summed E-state index contributed by atoms with van der Waals surface area (Å²) in [6, 6.07) is 16.7. The SMILES string of the molecule is Cc1ccccc1/C(NCc1cccc(-c2ncc[nH]2)c1)=C1\CNCC1=N. The lowest BCUT2D eigenvalue weighted by Gasteiger charge is -2.17. The lowest BCUT2D eigenvalue weighted by atomic mass is 9.99. The lowest BCUT2D eigenvalue weighted by molar-refractivity contribution is 0.868. The highest BCUT2D eigenvalue weighted by atomic mass is 14.9. The van der Waals surface area contributed by atoms with E-state index in [9.17, 15) is 0 Å². The zero-order valence-corrected chi connectivity index (χ0v) is 15.3. The molecule has 0 aliphatic carbocycles. The van der Waals surface area contributed by atoms with Gasteiger partial charge in [0.05, 0.1) is 5.71 Å². The van der Waals surface area contributed by atoms with Crippen molar-refractivity contribution >= 4 is 11.4 Å². The fraction of sp³-hybridized carbons (Fsp3) is 0.182. The summed E-state index contributed by atoms with van der Waals surface area (Å²) in [5.41, 5.74) is 7.36. The second-order valence-electron chi connectivity index (χ2n) is 6.74. The minimum absolute atomic E-state index is 0.625. The Bertz CT molecular complexity index is 985. The fourth-order valence-corrected chi connectivity index (χ4v) is 3.43. The molecule has 5 heteroatoms. The Morgan fingerprint density at radius 2 is 2.04 bits per heavy atom. The van der Waals surface area contributed by atoms with E-state index >= 15 is 0 Å². The van der Waals surface area contributed by atoms with Gasteiger partial charge in [-0.1, -0.05) is 42.5 Å². The molecule has 0 saturated carbocycles. The van der Waals surface area contributed by atoms with Gasteiger partial charge in [0.15, 0.2) is 0 Å². The number of benzene rings is 2. The van der Waals surface area contributed by atoms with Crippen LogP contribution in [-0.2, 0) is 6.54 Å². The normalized spacial score (nSPS) is 15.8. The molecule has 1 saturated heterocycles. The third-order valence-corrected chi connectivity index (χ3v) is 4.85. The van der Waals surface area contributed by atoms with Crippen LogP contribution in [0, 0.1) is 12.3 Å². The number of hydrogen-bond donors (Lipinski definition) is 4. The maximum atomic E-state index is 8.30. The Labute approximate surface area is 159 Å². The number of H-pyrrole nitrogens is 1. The molecule has 0 amide bonds. The van der Waals surface area contributed by atoms with Gasteiger partial charge in [-0.25, -0.2) is 4.98 Å². The van der Waals surface area contributed by atoms with Gasteiger partial charge in [-0.3, -0.25) is 0 Å². The summed E-state index contributed by atoms with van der Waals surface area (Å²) in [5.74, 6) is 0.871. The van der Waals surface area contributed by atoms with E-state index < -0.39 is 0 Å². The highest BCUT2D eigenvalue weighted by Crippen LogP contribution is 2.23. The van der Waals surface area contributed by atoms with E-state index in [-0.39, 0.29) is 0 Å². The van der Waals surface area contributed by atoms with Crippen LogP contribution in [0.15, 0.2) is 66.5 Å². The predicted octanol–water partition coefficient (Wildman–Crippen LogP) is 3.51. The van der Waals surface area contributed by atoms with Crippen LogP contribution >= 0.6 is 0 Å². The van der Waals surface area contributed by atoms with Crippen LogP contribution in [-0.4, -0.2) is 28.8 Å². The first kappa shape index (κ1) is 17.2. The number of rotatable bonds is 5. The molecule has 2 heterocycles. The summed E-state index contributed by atoms with van der Waals surface area (Å²) in [7, 11) is 0. The summed E-state index contributed by atoms with van der Waals surface area (Å²) >= 11 is 0. The maximum absolute atomic E-state index is 8.30. The number of nitrogens with one attached hydrogen (secondary N) is 4. The molecule has 1 aromatic heterocycles. The van der Waals surface area contributed by atoms with Crippen LogP contribution in [0.5, 0.6) is 0 Å². The Kier molecular flexibility index (Phi) is 4.85. The van der Waals surface area contributed by atoms with Gasteiger partial charge >= 0.3 is 0 Å². The molecule has 1 aliphatic rings. The standard InChI is InChI=1S/C22H23N5/c1-15-5-2-3-8-18(15)21(19-13-24-14-20(19)23)27-12-16-6-4-7-17(11-16)22-25-9-10-26-22/h2-11,23-24,27H,12-14H2,1H3,(H,25,26)/b21-19-,23-20?. The van der Waals surface area contributed by atoms with Gasteiger partial charge in [-0.05, 0) is 24.1 Å². The molecule has 3 aromatic rings. The van der Waals surface area contributed by atoms with Crippen LogP contribution in [0.1, 0.15) is 16.7 Å². The molecule has 2 aromatic carbocycles. The monoisotopic (exact) mass is 357 g/mol. The van der Waals surface area contributed by atoms with Crippen molar-refractivity contribution in [1.82, 2.24) is 20.6 Å². The third kappa shape index (κ3) is 3.68. The average Bonchev–Trinajstić information content (AvgIpc) is 3.36.